The van der Waals surface area contributed by atoms with E-state index in [9.17, 15) is 0 Å². The number of aliphatic hydroxyl groups excluding tert-OH is 2. The third-order valence-electron chi connectivity index (χ3n) is 0.874. The van der Waals surface area contributed by atoms with E-state index in [0.29, 0.717) is 0 Å². The molecule has 4 nitrogen and oxygen atoms in total. The lowest BCUT2D eigenvalue weighted by molar-refractivity contribution is -0.147. The summed E-state index contributed by atoms with van der Waals surface area (Å²) in [4.78, 5) is 0. The first-order valence-electron chi connectivity index (χ1n) is 2.91. The van der Waals surface area contributed by atoms with Crippen molar-refractivity contribution in [2.24, 2.45) is 0 Å². The smallest absolute Gasteiger partial charge is 0.206 e. The first kappa shape index (κ1) is 9.58. The van der Waals surface area contributed by atoms with E-state index in [2.05, 4.69) is 0 Å². The van der Waals surface area contributed by atoms with E-state index in [1.165, 1.54) is 13.0 Å². The molecule has 0 aromatic heterocycles. The van der Waals surface area contributed by atoms with Crippen LogP contribution in [0.2, 0.25) is 0 Å². The van der Waals surface area contributed by atoms with E-state index in [1.807, 2.05) is 0 Å². The third kappa shape index (κ3) is 4.46. The maximum Gasteiger partial charge on any atom is 0.206 e. The van der Waals surface area contributed by atoms with Crippen LogP contribution in [0.1, 0.15) is 6.92 Å². The van der Waals surface area contributed by atoms with Gasteiger partial charge in [0.1, 0.15) is 6.61 Å². The molecule has 0 aromatic carbocycles. The fourth-order valence-corrected chi connectivity index (χ4v) is 0.346. The van der Waals surface area contributed by atoms with Gasteiger partial charge in [0.25, 0.3) is 0 Å². The van der Waals surface area contributed by atoms with Crippen molar-refractivity contribution in [2.45, 2.75) is 18.8 Å². The molecule has 60 valence electrons. The molecule has 0 saturated heterocycles. The van der Waals surface area contributed by atoms with Gasteiger partial charge in [0, 0.05) is 0 Å². The SMILES string of the molecule is CC(O)C=CC(O)(O)CO. The van der Waals surface area contributed by atoms with Crippen LogP contribution in [0.4, 0.5) is 0 Å². The Hall–Kier alpha value is -0.420. The molecular formula is C6H12O4. The molecule has 0 radical (unpaired) electrons. The van der Waals surface area contributed by atoms with Gasteiger partial charge in [-0.3, -0.25) is 0 Å². The summed E-state index contributed by atoms with van der Waals surface area (Å²) in [7, 11) is 0. The Morgan fingerprint density at radius 3 is 2.30 bits per heavy atom. The molecular weight excluding hydrogens is 136 g/mol. The van der Waals surface area contributed by atoms with Crippen LogP contribution in [0.3, 0.4) is 0 Å². The quantitative estimate of drug-likeness (QED) is 0.293. The zero-order chi connectivity index (χ0) is 8.20. The molecule has 0 fully saturated rings. The van der Waals surface area contributed by atoms with E-state index in [-0.39, 0.29) is 0 Å². The Morgan fingerprint density at radius 1 is 1.50 bits per heavy atom. The Kier molecular flexibility index (Phi) is 3.52. The molecule has 0 heterocycles. The van der Waals surface area contributed by atoms with E-state index < -0.39 is 18.5 Å². The van der Waals surface area contributed by atoms with Crippen molar-refractivity contribution in [3.8, 4) is 0 Å². The molecule has 0 aliphatic rings. The fraction of sp³-hybridized carbons (Fsp3) is 0.667. The highest BCUT2D eigenvalue weighted by molar-refractivity contribution is 4.96. The maximum absolute atomic E-state index is 8.68. The average Bonchev–Trinajstić information content (AvgIpc) is 1.85. The first-order valence-corrected chi connectivity index (χ1v) is 2.91. The summed E-state index contributed by atoms with van der Waals surface area (Å²) in [6.45, 7) is 0.681. The fourth-order valence-electron chi connectivity index (χ4n) is 0.346. The summed E-state index contributed by atoms with van der Waals surface area (Å²) < 4.78 is 0. The van der Waals surface area contributed by atoms with E-state index >= 15 is 0 Å². The molecule has 0 saturated carbocycles. The second-order valence-electron chi connectivity index (χ2n) is 2.14. The summed E-state index contributed by atoms with van der Waals surface area (Å²) in [6.07, 6.45) is 1.36. The molecule has 4 heteroatoms. The van der Waals surface area contributed by atoms with Gasteiger partial charge in [-0.2, -0.15) is 0 Å². The zero-order valence-corrected chi connectivity index (χ0v) is 5.73. The van der Waals surface area contributed by atoms with E-state index in [4.69, 9.17) is 20.4 Å². The number of aliphatic hydroxyl groups is 4. The van der Waals surface area contributed by atoms with Crippen LogP contribution in [0, 0.1) is 0 Å². The highest BCUT2D eigenvalue weighted by atomic mass is 16.5. The summed E-state index contributed by atoms with van der Waals surface area (Å²) in [6, 6.07) is 0. The van der Waals surface area contributed by atoms with Crippen molar-refractivity contribution in [3.05, 3.63) is 12.2 Å². The molecule has 4 N–H and O–H groups in total. The second kappa shape index (κ2) is 3.68. The molecule has 0 spiro atoms. The van der Waals surface area contributed by atoms with Crippen molar-refractivity contribution in [1.82, 2.24) is 0 Å². The van der Waals surface area contributed by atoms with Gasteiger partial charge in [-0.25, -0.2) is 0 Å². The van der Waals surface area contributed by atoms with Crippen molar-refractivity contribution in [2.75, 3.05) is 6.61 Å². The van der Waals surface area contributed by atoms with E-state index in [0.717, 1.165) is 6.08 Å². The highest BCUT2D eigenvalue weighted by Gasteiger charge is 2.16. The van der Waals surface area contributed by atoms with Gasteiger partial charge in [-0.1, -0.05) is 6.08 Å². The Labute approximate surface area is 59.1 Å². The lowest BCUT2D eigenvalue weighted by atomic mass is 10.2. The van der Waals surface area contributed by atoms with Gasteiger partial charge in [0.2, 0.25) is 5.79 Å². The minimum Gasteiger partial charge on any atom is -0.390 e. The van der Waals surface area contributed by atoms with Crippen LogP contribution in [0.5, 0.6) is 0 Å². The summed E-state index contributed by atoms with van der Waals surface area (Å²) in [5.74, 6) is -2.21. The first-order chi connectivity index (χ1) is 4.48. The van der Waals surface area contributed by atoms with Crippen molar-refractivity contribution >= 4 is 0 Å². The van der Waals surface area contributed by atoms with Crippen LogP contribution in [0.15, 0.2) is 12.2 Å². The van der Waals surface area contributed by atoms with Crippen molar-refractivity contribution in [1.29, 1.82) is 0 Å². The predicted molar refractivity (Wildman–Crippen MR) is 35.1 cm³/mol. The standard InChI is InChI=1S/C6H12O4/c1-5(8)2-3-6(9,10)4-7/h2-3,5,7-10H,4H2,1H3. The molecule has 1 unspecified atom stereocenters. The molecule has 0 amide bonds. The molecule has 0 aliphatic carbocycles. The molecule has 0 bridgehead atoms. The predicted octanol–water partition coefficient (Wildman–Crippen LogP) is -1.40. The van der Waals surface area contributed by atoms with Crippen molar-refractivity contribution in [3.63, 3.8) is 0 Å². The molecule has 0 aliphatic heterocycles. The summed E-state index contributed by atoms with van der Waals surface area (Å²) >= 11 is 0. The normalized spacial score (nSPS) is 16.1. The minimum absolute atomic E-state index is 0.745. The molecule has 10 heavy (non-hydrogen) atoms. The maximum atomic E-state index is 8.68. The van der Waals surface area contributed by atoms with Crippen LogP contribution in [-0.2, 0) is 0 Å². The Morgan fingerprint density at radius 2 is 2.00 bits per heavy atom. The van der Waals surface area contributed by atoms with Crippen LogP contribution in [0.25, 0.3) is 0 Å². The Balaban J connectivity index is 3.86. The van der Waals surface area contributed by atoms with Crippen molar-refractivity contribution < 1.29 is 20.4 Å². The topological polar surface area (TPSA) is 80.9 Å². The van der Waals surface area contributed by atoms with E-state index in [1.54, 1.807) is 0 Å². The Bertz CT molecular complexity index is 117. The third-order valence-corrected chi connectivity index (χ3v) is 0.874. The van der Waals surface area contributed by atoms with Gasteiger partial charge in [-0.15, -0.1) is 0 Å². The van der Waals surface area contributed by atoms with Gasteiger partial charge in [-0.05, 0) is 13.0 Å². The number of hydrogen-bond donors (Lipinski definition) is 4. The van der Waals surface area contributed by atoms with Crippen LogP contribution < -0.4 is 0 Å². The summed E-state index contributed by atoms with van der Waals surface area (Å²) in [5.41, 5.74) is 0. The zero-order valence-electron chi connectivity index (χ0n) is 5.73. The highest BCUT2D eigenvalue weighted by Crippen LogP contribution is 1.99. The lowest BCUT2D eigenvalue weighted by Gasteiger charge is -2.13. The molecule has 0 aromatic rings. The van der Waals surface area contributed by atoms with Gasteiger partial charge >= 0.3 is 0 Å². The summed E-state index contributed by atoms with van der Waals surface area (Å²) in [5, 5.41) is 34.3. The monoisotopic (exact) mass is 148 g/mol. The average molecular weight is 148 g/mol. The van der Waals surface area contributed by atoms with Crippen LogP contribution >= 0.6 is 0 Å². The lowest BCUT2D eigenvalue weighted by Crippen LogP contribution is -2.29. The second-order valence-corrected chi connectivity index (χ2v) is 2.14. The number of hydrogen-bond acceptors (Lipinski definition) is 4. The van der Waals surface area contributed by atoms with Crippen LogP contribution in [-0.4, -0.2) is 38.9 Å². The molecule has 0 rings (SSSR count). The molecule has 1 atom stereocenters. The minimum atomic E-state index is -2.21. The van der Waals surface area contributed by atoms with Gasteiger partial charge in [0.15, 0.2) is 0 Å². The van der Waals surface area contributed by atoms with Gasteiger partial charge in [0.05, 0.1) is 6.10 Å². The number of rotatable bonds is 3. The van der Waals surface area contributed by atoms with Gasteiger partial charge < -0.3 is 20.4 Å². The largest absolute Gasteiger partial charge is 0.390 e.